The molecule has 0 aliphatic rings. The average molecular weight is 242 g/mol. The van der Waals surface area contributed by atoms with E-state index in [1.165, 1.54) is 7.11 Å². The first-order chi connectivity index (χ1) is 8.63. The number of rotatable bonds is 4. The molecule has 90 valence electrons. The second-order valence-corrected chi connectivity index (χ2v) is 3.09. The second kappa shape index (κ2) is 5.87. The van der Waals surface area contributed by atoms with Crippen LogP contribution in [0.5, 0.6) is 5.75 Å². The van der Waals surface area contributed by atoms with Crippen LogP contribution in [0.25, 0.3) is 0 Å². The number of nitrogens with zero attached hydrogens (tertiary/aromatic N) is 3. The molecule has 0 atom stereocenters. The van der Waals surface area contributed by atoms with Crippen LogP contribution in [-0.2, 0) is 0 Å². The highest BCUT2D eigenvalue weighted by Crippen LogP contribution is 2.27. The fourth-order valence-corrected chi connectivity index (χ4v) is 1.17. The van der Waals surface area contributed by atoms with E-state index in [2.05, 4.69) is 10.5 Å². The van der Waals surface area contributed by atoms with Crippen LogP contribution in [0.2, 0.25) is 0 Å². The molecule has 0 saturated heterocycles. The van der Waals surface area contributed by atoms with Gasteiger partial charge in [0.1, 0.15) is 23.6 Å². The Morgan fingerprint density at radius 3 is 2.72 bits per heavy atom. The third-order valence-electron chi connectivity index (χ3n) is 2.01. The maximum Gasteiger partial charge on any atom is 0.201 e. The molecule has 4 N–H and O–H groups in total. The van der Waals surface area contributed by atoms with Crippen LogP contribution in [0.15, 0.2) is 23.3 Å². The lowest BCUT2D eigenvalue weighted by Crippen LogP contribution is -2.22. The van der Waals surface area contributed by atoms with Crippen LogP contribution < -0.4 is 15.9 Å². The molecule has 0 spiro atoms. The highest BCUT2D eigenvalue weighted by molar-refractivity contribution is 6.45. The van der Waals surface area contributed by atoms with Crippen molar-refractivity contribution in [2.24, 2.45) is 10.8 Å². The summed E-state index contributed by atoms with van der Waals surface area (Å²) in [6.45, 7) is 0. The Balaban J connectivity index is 3.16. The van der Waals surface area contributed by atoms with E-state index in [0.29, 0.717) is 17.0 Å². The van der Waals surface area contributed by atoms with Gasteiger partial charge in [0.25, 0.3) is 0 Å². The van der Waals surface area contributed by atoms with Gasteiger partial charge in [0.05, 0.1) is 12.7 Å². The van der Waals surface area contributed by atoms with Gasteiger partial charge in [-0.25, -0.2) is 0 Å². The fraction of sp³-hybridized carbons (Fsp3) is 0.0909. The molecule has 0 aliphatic carbocycles. The number of para-hydroxylation sites is 1. The molecule has 0 radical (unpaired) electrons. The van der Waals surface area contributed by atoms with Crippen molar-refractivity contribution in [2.45, 2.75) is 0 Å². The molecular formula is C11H10N6O. The van der Waals surface area contributed by atoms with Gasteiger partial charge in [-0.3, -0.25) is 10.8 Å². The molecule has 0 aromatic heterocycles. The monoisotopic (exact) mass is 242 g/mol. The number of hydrazone groups is 1. The van der Waals surface area contributed by atoms with Gasteiger partial charge < -0.3 is 10.5 Å². The van der Waals surface area contributed by atoms with Crippen molar-refractivity contribution in [3.63, 3.8) is 0 Å². The minimum absolute atomic E-state index is 0.273. The van der Waals surface area contributed by atoms with E-state index in [1.807, 2.05) is 6.07 Å². The highest BCUT2D eigenvalue weighted by Gasteiger charge is 2.09. The van der Waals surface area contributed by atoms with Gasteiger partial charge in [0.15, 0.2) is 5.84 Å². The van der Waals surface area contributed by atoms with Gasteiger partial charge in [0, 0.05) is 0 Å². The molecule has 0 aliphatic heterocycles. The molecule has 7 heteroatoms. The number of amidine groups is 1. The maximum atomic E-state index is 8.94. The minimum Gasteiger partial charge on any atom is -0.494 e. The van der Waals surface area contributed by atoms with Crippen LogP contribution in [0.4, 0.5) is 5.69 Å². The van der Waals surface area contributed by atoms with Crippen molar-refractivity contribution in [1.29, 1.82) is 15.9 Å². The van der Waals surface area contributed by atoms with E-state index in [1.54, 1.807) is 24.3 Å². The molecule has 0 unspecified atom stereocenters. The zero-order chi connectivity index (χ0) is 13.5. The van der Waals surface area contributed by atoms with Crippen LogP contribution in [0.1, 0.15) is 5.56 Å². The largest absolute Gasteiger partial charge is 0.494 e. The Morgan fingerprint density at radius 2 is 2.22 bits per heavy atom. The first-order valence-corrected chi connectivity index (χ1v) is 4.79. The quantitative estimate of drug-likeness (QED) is 0.408. The predicted octanol–water partition coefficient (Wildman–Crippen LogP) is 0.794. The van der Waals surface area contributed by atoms with E-state index in [-0.39, 0.29) is 5.71 Å². The van der Waals surface area contributed by atoms with Crippen molar-refractivity contribution in [3.05, 3.63) is 23.8 Å². The van der Waals surface area contributed by atoms with Gasteiger partial charge in [0.2, 0.25) is 5.71 Å². The molecule has 1 aromatic rings. The highest BCUT2D eigenvalue weighted by atomic mass is 16.5. The smallest absolute Gasteiger partial charge is 0.201 e. The lowest BCUT2D eigenvalue weighted by molar-refractivity contribution is 0.416. The third kappa shape index (κ3) is 2.74. The summed E-state index contributed by atoms with van der Waals surface area (Å²) >= 11 is 0. The van der Waals surface area contributed by atoms with Crippen molar-refractivity contribution in [3.8, 4) is 17.9 Å². The van der Waals surface area contributed by atoms with Crippen LogP contribution in [0, 0.1) is 28.1 Å². The van der Waals surface area contributed by atoms with E-state index < -0.39 is 5.84 Å². The number of hydrogen-bond donors (Lipinski definition) is 3. The summed E-state index contributed by atoms with van der Waals surface area (Å²) in [5, 5.41) is 28.4. The Morgan fingerprint density at radius 1 is 1.50 bits per heavy atom. The molecule has 0 saturated carbocycles. The summed E-state index contributed by atoms with van der Waals surface area (Å²) in [5.74, 6) is -0.0583. The molecule has 7 nitrogen and oxygen atoms in total. The summed E-state index contributed by atoms with van der Waals surface area (Å²) in [7, 11) is 1.45. The number of anilines is 1. The summed E-state index contributed by atoms with van der Waals surface area (Å²) in [4.78, 5) is 0. The number of hydrogen-bond acceptors (Lipinski definition) is 6. The summed E-state index contributed by atoms with van der Waals surface area (Å²) in [6.07, 6.45) is 0. The summed E-state index contributed by atoms with van der Waals surface area (Å²) < 4.78 is 5.06. The number of methoxy groups -OCH3 is 1. The minimum atomic E-state index is -0.460. The normalized spacial score (nSPS) is 10.1. The van der Waals surface area contributed by atoms with E-state index in [4.69, 9.17) is 26.4 Å². The van der Waals surface area contributed by atoms with Crippen LogP contribution in [0.3, 0.4) is 0 Å². The first-order valence-electron chi connectivity index (χ1n) is 4.79. The zero-order valence-corrected chi connectivity index (χ0v) is 9.56. The number of nitrogens with two attached hydrogens (primary N) is 1. The third-order valence-corrected chi connectivity index (χ3v) is 2.01. The fourth-order valence-electron chi connectivity index (χ4n) is 1.17. The van der Waals surface area contributed by atoms with Crippen molar-refractivity contribution >= 4 is 17.2 Å². The van der Waals surface area contributed by atoms with Gasteiger partial charge in [-0.15, -0.1) is 0 Å². The molecule has 0 heterocycles. The Hall–Kier alpha value is -3.06. The van der Waals surface area contributed by atoms with Crippen LogP contribution in [-0.4, -0.2) is 18.7 Å². The molecule has 1 aromatic carbocycles. The van der Waals surface area contributed by atoms with Gasteiger partial charge in [-0.05, 0) is 12.1 Å². The summed E-state index contributed by atoms with van der Waals surface area (Å²) in [6, 6.07) is 8.48. The molecule has 1 rings (SSSR count). The number of nitrogens with one attached hydrogen (secondary N) is 2. The van der Waals surface area contributed by atoms with E-state index >= 15 is 0 Å². The molecule has 0 fully saturated rings. The van der Waals surface area contributed by atoms with Gasteiger partial charge in [-0.2, -0.15) is 15.6 Å². The number of nitriles is 2. The predicted molar refractivity (Wildman–Crippen MR) is 66.3 cm³/mol. The Kier molecular flexibility index (Phi) is 4.24. The first kappa shape index (κ1) is 13.0. The van der Waals surface area contributed by atoms with Crippen molar-refractivity contribution in [2.75, 3.05) is 12.5 Å². The van der Waals surface area contributed by atoms with E-state index in [9.17, 15) is 0 Å². The molecule has 0 amide bonds. The molecule has 18 heavy (non-hydrogen) atoms. The lowest BCUT2D eigenvalue weighted by atomic mass is 10.2. The Bertz CT molecular complexity index is 578. The average Bonchev–Trinajstić information content (AvgIpc) is 2.38. The van der Waals surface area contributed by atoms with Gasteiger partial charge in [-0.1, -0.05) is 6.07 Å². The van der Waals surface area contributed by atoms with E-state index in [0.717, 1.165) is 0 Å². The lowest BCUT2D eigenvalue weighted by Gasteiger charge is -2.09. The maximum absolute atomic E-state index is 8.94. The number of ether oxygens (including phenoxy) is 1. The molecule has 0 bridgehead atoms. The molecular weight excluding hydrogens is 232 g/mol. The van der Waals surface area contributed by atoms with Crippen molar-refractivity contribution in [1.82, 2.24) is 0 Å². The Labute approximate surface area is 104 Å². The SMILES string of the molecule is COc1cccc(C#N)c1N/N=C(\C#N)C(=N)N. The zero-order valence-electron chi connectivity index (χ0n) is 9.56. The van der Waals surface area contributed by atoms with Crippen molar-refractivity contribution < 1.29 is 4.74 Å². The standard InChI is InChI=1S/C11H10N6O/c1-18-9-4-2-3-7(5-12)10(9)17-16-8(6-13)11(14)15/h2-4,17H,1H3,(H3,14,15)/b16-8+. The topological polar surface area (TPSA) is 131 Å². The van der Waals surface area contributed by atoms with Gasteiger partial charge >= 0.3 is 0 Å². The second-order valence-electron chi connectivity index (χ2n) is 3.09. The summed E-state index contributed by atoms with van der Waals surface area (Å²) in [5.41, 5.74) is 8.01. The number of benzene rings is 1. The van der Waals surface area contributed by atoms with Crippen LogP contribution >= 0.6 is 0 Å².